The fourth-order valence-corrected chi connectivity index (χ4v) is 4.57. The molecule has 0 saturated heterocycles. The van der Waals surface area contributed by atoms with Crippen molar-refractivity contribution in [2.45, 2.75) is 17.0 Å². The molecule has 1 aromatic heterocycles. The molecule has 1 aliphatic rings. The zero-order valence-corrected chi connectivity index (χ0v) is 18.7. The van der Waals surface area contributed by atoms with Gasteiger partial charge < -0.3 is 14.2 Å². The van der Waals surface area contributed by atoms with Crippen molar-refractivity contribution in [1.82, 2.24) is 10.2 Å². The molecule has 2 aromatic carbocycles. The van der Waals surface area contributed by atoms with Crippen LogP contribution in [0.25, 0.3) is 6.08 Å². The Balaban J connectivity index is 1.35. The number of benzene rings is 2. The van der Waals surface area contributed by atoms with Crippen molar-refractivity contribution in [2.24, 2.45) is 0 Å². The molecule has 0 spiro atoms. The Kier molecular flexibility index (Phi) is 6.73. The highest BCUT2D eigenvalue weighted by molar-refractivity contribution is 8.00. The van der Waals surface area contributed by atoms with Gasteiger partial charge in [-0.3, -0.25) is 10.1 Å². The first kappa shape index (κ1) is 21.2. The summed E-state index contributed by atoms with van der Waals surface area (Å²) in [4.78, 5) is 12.3. The van der Waals surface area contributed by atoms with Crippen molar-refractivity contribution in [3.8, 4) is 17.2 Å². The normalized spacial score (nSPS) is 12.7. The summed E-state index contributed by atoms with van der Waals surface area (Å²) in [6, 6.07) is 12.0. The maximum Gasteiger partial charge on any atom is 0.250 e. The molecule has 0 aliphatic carbocycles. The quantitative estimate of drug-likeness (QED) is 0.317. The first-order valence-electron chi connectivity index (χ1n) is 9.59. The third-order valence-corrected chi connectivity index (χ3v) is 6.44. The van der Waals surface area contributed by atoms with Gasteiger partial charge in [-0.15, -0.1) is 10.2 Å². The van der Waals surface area contributed by atoms with Crippen molar-refractivity contribution in [3.05, 3.63) is 59.2 Å². The number of ether oxygens (including phenoxy) is 3. The number of anilines is 1. The molecule has 3 aromatic rings. The molecule has 0 unspecified atom stereocenters. The van der Waals surface area contributed by atoms with Crippen LogP contribution in [-0.4, -0.2) is 36.4 Å². The van der Waals surface area contributed by atoms with E-state index in [0.717, 1.165) is 15.7 Å². The highest BCUT2D eigenvalue weighted by atomic mass is 32.2. The fourth-order valence-electron chi connectivity index (χ4n) is 2.86. The van der Waals surface area contributed by atoms with E-state index in [9.17, 15) is 4.79 Å². The van der Waals surface area contributed by atoms with Gasteiger partial charge in [0.05, 0.1) is 7.11 Å². The monoisotopic (exact) mass is 455 g/mol. The lowest BCUT2D eigenvalue weighted by Crippen LogP contribution is -2.16. The zero-order chi connectivity index (χ0) is 21.6. The van der Waals surface area contributed by atoms with E-state index >= 15 is 0 Å². The number of carbonyl (C=O) groups excluding carboxylic acids is 1. The summed E-state index contributed by atoms with van der Waals surface area (Å²) in [5, 5.41) is 11.4. The Labute approximate surface area is 188 Å². The number of nitrogens with zero attached hydrogens (tertiary/aromatic N) is 2. The van der Waals surface area contributed by atoms with Gasteiger partial charge in [-0.2, -0.15) is 0 Å². The second-order valence-corrected chi connectivity index (χ2v) is 8.92. The number of fused-ring (bicyclic) bond motifs is 1. The summed E-state index contributed by atoms with van der Waals surface area (Å²) in [5.74, 6) is 2.26. The van der Waals surface area contributed by atoms with Crippen molar-refractivity contribution < 1.29 is 19.0 Å². The number of hydrogen-bond donors (Lipinski definition) is 1. The summed E-state index contributed by atoms with van der Waals surface area (Å²) in [7, 11) is 1.57. The molecular weight excluding hydrogens is 434 g/mol. The highest BCUT2D eigenvalue weighted by Crippen LogP contribution is 2.40. The molecule has 31 heavy (non-hydrogen) atoms. The molecule has 0 radical (unpaired) electrons. The van der Waals surface area contributed by atoms with Gasteiger partial charge in [0.25, 0.3) is 0 Å². The van der Waals surface area contributed by atoms with Gasteiger partial charge in [-0.25, -0.2) is 0 Å². The van der Waals surface area contributed by atoms with Gasteiger partial charge in [0.2, 0.25) is 16.8 Å². The van der Waals surface area contributed by atoms with E-state index in [1.54, 1.807) is 31.0 Å². The van der Waals surface area contributed by atoms with Crippen LogP contribution in [0.1, 0.15) is 16.7 Å². The lowest BCUT2D eigenvalue weighted by molar-refractivity contribution is -0.111. The molecule has 0 saturated carbocycles. The van der Waals surface area contributed by atoms with Crippen molar-refractivity contribution in [1.29, 1.82) is 0 Å². The summed E-state index contributed by atoms with van der Waals surface area (Å²) >= 11 is 2.94. The van der Waals surface area contributed by atoms with Crippen LogP contribution in [0.5, 0.6) is 17.2 Å². The summed E-state index contributed by atoms with van der Waals surface area (Å²) in [6.07, 6.45) is 3.12. The second-order valence-electron chi connectivity index (χ2n) is 6.72. The van der Waals surface area contributed by atoms with Crippen LogP contribution in [0.4, 0.5) is 5.13 Å². The van der Waals surface area contributed by atoms with Crippen molar-refractivity contribution in [3.63, 3.8) is 0 Å². The van der Waals surface area contributed by atoms with E-state index < -0.39 is 0 Å². The van der Waals surface area contributed by atoms with Crippen LogP contribution in [-0.2, 0) is 10.5 Å². The Morgan fingerprint density at radius 2 is 2.03 bits per heavy atom. The van der Waals surface area contributed by atoms with Gasteiger partial charge in [0.15, 0.2) is 15.8 Å². The van der Waals surface area contributed by atoms with E-state index in [4.69, 9.17) is 14.2 Å². The molecular formula is C22H21N3O4S2. The predicted molar refractivity (Wildman–Crippen MR) is 122 cm³/mol. The number of hydrogen-bond acceptors (Lipinski definition) is 8. The average Bonchev–Trinajstić information content (AvgIpc) is 3.24. The minimum atomic E-state index is -0.292. The summed E-state index contributed by atoms with van der Waals surface area (Å²) < 4.78 is 17.4. The van der Waals surface area contributed by atoms with Crippen LogP contribution in [0.3, 0.4) is 0 Å². The van der Waals surface area contributed by atoms with Crippen LogP contribution in [0.15, 0.2) is 46.8 Å². The Morgan fingerprint density at radius 3 is 2.84 bits per heavy atom. The SMILES string of the molecule is COc1cc(/C=C/C(=O)Nc2nnc(SCc3ccc(C)cc3)s2)cc2c1OCCO2. The van der Waals surface area contributed by atoms with E-state index in [0.29, 0.717) is 35.6 Å². The van der Waals surface area contributed by atoms with Gasteiger partial charge in [0, 0.05) is 11.8 Å². The van der Waals surface area contributed by atoms with Crippen LogP contribution >= 0.6 is 23.1 Å². The second kappa shape index (κ2) is 9.84. The maximum absolute atomic E-state index is 12.3. The summed E-state index contributed by atoms with van der Waals surface area (Å²) in [5.41, 5.74) is 3.22. The van der Waals surface area contributed by atoms with Gasteiger partial charge in [0.1, 0.15) is 13.2 Å². The lowest BCUT2D eigenvalue weighted by atomic mass is 10.1. The van der Waals surface area contributed by atoms with E-state index in [1.807, 2.05) is 6.07 Å². The number of nitrogens with one attached hydrogen (secondary N) is 1. The molecule has 1 N–H and O–H groups in total. The molecule has 7 nitrogen and oxygen atoms in total. The number of amides is 1. The van der Waals surface area contributed by atoms with Crippen LogP contribution in [0.2, 0.25) is 0 Å². The van der Waals surface area contributed by atoms with Gasteiger partial charge in [-0.05, 0) is 36.3 Å². The maximum atomic E-state index is 12.3. The van der Waals surface area contributed by atoms with E-state index in [2.05, 4.69) is 46.7 Å². The molecule has 0 atom stereocenters. The molecule has 4 rings (SSSR count). The van der Waals surface area contributed by atoms with Crippen LogP contribution < -0.4 is 19.5 Å². The zero-order valence-electron chi connectivity index (χ0n) is 17.1. The van der Waals surface area contributed by atoms with Crippen molar-refractivity contribution >= 4 is 40.2 Å². The van der Waals surface area contributed by atoms with Crippen LogP contribution in [0, 0.1) is 6.92 Å². The Hall–Kier alpha value is -3.04. The molecule has 160 valence electrons. The number of aromatic nitrogens is 2. The van der Waals surface area contributed by atoms with E-state index in [-0.39, 0.29) is 5.91 Å². The number of aryl methyl sites for hydroxylation is 1. The molecule has 1 amide bonds. The third kappa shape index (κ3) is 5.56. The number of rotatable bonds is 7. The first-order chi connectivity index (χ1) is 15.1. The topological polar surface area (TPSA) is 82.6 Å². The fraction of sp³-hybridized carbons (Fsp3) is 0.227. The van der Waals surface area contributed by atoms with Gasteiger partial charge >= 0.3 is 0 Å². The third-order valence-electron chi connectivity index (χ3n) is 4.40. The first-order valence-corrected chi connectivity index (χ1v) is 11.4. The largest absolute Gasteiger partial charge is 0.493 e. The Morgan fingerprint density at radius 1 is 1.23 bits per heavy atom. The lowest BCUT2D eigenvalue weighted by Gasteiger charge is -2.20. The minimum absolute atomic E-state index is 0.292. The molecule has 0 bridgehead atoms. The molecule has 2 heterocycles. The molecule has 0 fully saturated rings. The smallest absolute Gasteiger partial charge is 0.250 e. The van der Waals surface area contributed by atoms with E-state index in [1.165, 1.54) is 28.5 Å². The minimum Gasteiger partial charge on any atom is -0.493 e. The number of thioether (sulfide) groups is 1. The number of carbonyl (C=O) groups is 1. The van der Waals surface area contributed by atoms with Crippen molar-refractivity contribution in [2.75, 3.05) is 25.6 Å². The molecule has 1 aliphatic heterocycles. The average molecular weight is 456 g/mol. The standard InChI is InChI=1S/C22H21N3O4S2/c1-14-3-5-15(6-4-14)13-30-22-25-24-21(31-22)23-19(26)8-7-16-11-17(27-2)20-18(12-16)28-9-10-29-20/h3-8,11-12H,9-10,13H2,1-2H3,(H,23,24,26)/b8-7+. The van der Waals surface area contributed by atoms with Gasteiger partial charge in [-0.1, -0.05) is 52.9 Å². The molecule has 9 heteroatoms. The number of methoxy groups -OCH3 is 1. The predicted octanol–water partition coefficient (Wildman–Crippen LogP) is 4.57. The highest BCUT2D eigenvalue weighted by Gasteiger charge is 2.18. The Bertz CT molecular complexity index is 1080. The summed E-state index contributed by atoms with van der Waals surface area (Å²) in [6.45, 7) is 3.02.